The van der Waals surface area contributed by atoms with Crippen LogP contribution in [0.2, 0.25) is 0 Å². The molecule has 1 aromatic heterocycles. The third-order valence-corrected chi connectivity index (χ3v) is 7.67. The third kappa shape index (κ3) is 5.29. The molecule has 6 heteroatoms. The van der Waals surface area contributed by atoms with E-state index in [4.69, 9.17) is 0 Å². The molecule has 1 N–H and O–H groups in total. The molecule has 6 nitrogen and oxygen atoms in total. The smallest absolute Gasteiger partial charge is 0.318 e. The van der Waals surface area contributed by atoms with Crippen molar-refractivity contribution in [1.82, 2.24) is 14.8 Å². The summed E-state index contributed by atoms with van der Waals surface area (Å²) < 4.78 is 2.18. The van der Waals surface area contributed by atoms with Gasteiger partial charge in [-0.15, -0.1) is 0 Å². The van der Waals surface area contributed by atoms with E-state index in [1.54, 1.807) is 4.90 Å². The lowest BCUT2D eigenvalue weighted by atomic mass is 9.96. The van der Waals surface area contributed by atoms with Crippen molar-refractivity contribution in [3.05, 3.63) is 83.7 Å². The number of unbranched alkanes of at least 4 members (excludes halogenated alkanes) is 1. The molecule has 0 saturated heterocycles. The van der Waals surface area contributed by atoms with E-state index < -0.39 is 0 Å². The largest absolute Gasteiger partial charge is 0.335 e. The number of amides is 3. The number of hydrogen-bond donors (Lipinski definition) is 1. The maximum Gasteiger partial charge on any atom is 0.318 e. The van der Waals surface area contributed by atoms with E-state index in [9.17, 15) is 9.59 Å². The van der Waals surface area contributed by atoms with Crippen molar-refractivity contribution in [3.8, 4) is 5.69 Å². The van der Waals surface area contributed by atoms with E-state index in [-0.39, 0.29) is 30.6 Å². The summed E-state index contributed by atoms with van der Waals surface area (Å²) in [4.78, 5) is 31.2. The van der Waals surface area contributed by atoms with Crippen molar-refractivity contribution in [1.29, 1.82) is 0 Å². The average Bonchev–Trinajstić information content (AvgIpc) is 3.40. The van der Waals surface area contributed by atoms with E-state index in [2.05, 4.69) is 60.3 Å². The lowest BCUT2D eigenvalue weighted by Gasteiger charge is -2.39. The summed E-state index contributed by atoms with van der Waals surface area (Å²) in [6.45, 7) is 4.81. The van der Waals surface area contributed by atoms with Crippen molar-refractivity contribution < 1.29 is 9.59 Å². The van der Waals surface area contributed by atoms with Gasteiger partial charge in [-0.25, -0.2) is 4.79 Å². The molecule has 0 bridgehead atoms. The Hall–Kier alpha value is -3.54. The predicted molar refractivity (Wildman–Crippen MR) is 148 cm³/mol. The Morgan fingerprint density at radius 1 is 0.973 bits per heavy atom. The van der Waals surface area contributed by atoms with Gasteiger partial charge in [-0.1, -0.05) is 74.6 Å². The second-order valence-corrected chi connectivity index (χ2v) is 10.4. The normalized spacial score (nSPS) is 17.1. The fraction of sp³-hybridized carbons (Fsp3) is 0.419. The van der Waals surface area contributed by atoms with Crippen LogP contribution in [-0.2, 0) is 4.79 Å². The molecule has 0 spiro atoms. The first-order valence-corrected chi connectivity index (χ1v) is 13.8. The van der Waals surface area contributed by atoms with Crippen molar-refractivity contribution in [3.63, 3.8) is 0 Å². The summed E-state index contributed by atoms with van der Waals surface area (Å²) >= 11 is 0. The summed E-state index contributed by atoms with van der Waals surface area (Å²) in [5.41, 5.74) is 5.11. The van der Waals surface area contributed by atoms with Gasteiger partial charge >= 0.3 is 6.03 Å². The van der Waals surface area contributed by atoms with Gasteiger partial charge in [0.2, 0.25) is 5.91 Å². The molecular formula is C31H38N4O2. The number of carbonyl (C=O) groups is 2. The zero-order chi connectivity index (χ0) is 25.8. The first-order valence-electron chi connectivity index (χ1n) is 13.8. The van der Waals surface area contributed by atoms with Gasteiger partial charge in [0.05, 0.1) is 17.1 Å². The SMILES string of the molecule is CCCCN(CC(=O)N1c2ccccc2-n2cccc2C1c1cccc(C)c1)C(=O)NC1CCCCC1. The van der Waals surface area contributed by atoms with Gasteiger partial charge in [-0.05, 0) is 56.0 Å². The van der Waals surface area contributed by atoms with Crippen LogP contribution in [0, 0.1) is 6.92 Å². The Morgan fingerprint density at radius 2 is 1.76 bits per heavy atom. The molecule has 2 aromatic carbocycles. The highest BCUT2D eigenvalue weighted by Crippen LogP contribution is 2.42. The Bertz CT molecular complexity index is 1240. The number of rotatable bonds is 7. The van der Waals surface area contributed by atoms with Crippen LogP contribution >= 0.6 is 0 Å². The number of hydrogen-bond acceptors (Lipinski definition) is 2. The molecule has 37 heavy (non-hydrogen) atoms. The molecule has 2 heterocycles. The van der Waals surface area contributed by atoms with Gasteiger partial charge in [0, 0.05) is 18.8 Å². The second-order valence-electron chi connectivity index (χ2n) is 10.4. The number of carbonyl (C=O) groups excluding carboxylic acids is 2. The van der Waals surface area contributed by atoms with Crippen LogP contribution in [0.5, 0.6) is 0 Å². The highest BCUT2D eigenvalue weighted by Gasteiger charge is 2.37. The molecule has 194 valence electrons. The molecule has 1 saturated carbocycles. The lowest BCUT2D eigenvalue weighted by molar-refractivity contribution is -0.119. The minimum Gasteiger partial charge on any atom is -0.335 e. The van der Waals surface area contributed by atoms with Gasteiger partial charge in [0.15, 0.2) is 0 Å². The summed E-state index contributed by atoms with van der Waals surface area (Å²) in [7, 11) is 0. The maximum absolute atomic E-state index is 14.2. The minimum atomic E-state index is -0.272. The Kier molecular flexibility index (Phi) is 7.63. The van der Waals surface area contributed by atoms with Crippen molar-refractivity contribution >= 4 is 17.6 Å². The number of aryl methyl sites for hydroxylation is 1. The van der Waals surface area contributed by atoms with Crippen molar-refractivity contribution in [2.24, 2.45) is 0 Å². The molecule has 2 aliphatic rings. The molecule has 1 unspecified atom stereocenters. The second kappa shape index (κ2) is 11.2. The third-order valence-electron chi connectivity index (χ3n) is 7.67. The fourth-order valence-corrected chi connectivity index (χ4v) is 5.77. The minimum absolute atomic E-state index is 0.0515. The maximum atomic E-state index is 14.2. The molecule has 1 aliphatic heterocycles. The van der Waals surface area contributed by atoms with Crippen LogP contribution in [0.15, 0.2) is 66.9 Å². The number of benzene rings is 2. The van der Waals surface area contributed by atoms with Crippen LogP contribution in [-0.4, -0.2) is 40.5 Å². The van der Waals surface area contributed by atoms with E-state index >= 15 is 0 Å². The lowest BCUT2D eigenvalue weighted by Crippen LogP contribution is -2.51. The van der Waals surface area contributed by atoms with Crippen molar-refractivity contribution in [2.45, 2.75) is 70.9 Å². The van der Waals surface area contributed by atoms with E-state index in [0.717, 1.165) is 66.7 Å². The Balaban J connectivity index is 1.48. The molecule has 1 atom stereocenters. The standard InChI is InChI=1S/C31H38N4O2/c1-3-4-19-33(31(37)32-25-14-6-5-7-15-25)22-29(36)35-27-17-9-8-16-26(27)34-20-11-18-28(34)30(35)24-13-10-12-23(2)21-24/h8-13,16-18,20-21,25,30H,3-7,14-15,19,22H2,1-2H3,(H,32,37). The first kappa shape index (κ1) is 25.1. The number of nitrogens with one attached hydrogen (secondary N) is 1. The van der Waals surface area contributed by atoms with Crippen LogP contribution in [0.1, 0.15) is 74.7 Å². The van der Waals surface area contributed by atoms with Gasteiger partial charge in [0.25, 0.3) is 0 Å². The van der Waals surface area contributed by atoms with E-state index in [1.807, 2.05) is 35.2 Å². The number of urea groups is 1. The monoisotopic (exact) mass is 498 g/mol. The van der Waals surface area contributed by atoms with E-state index in [1.165, 1.54) is 6.42 Å². The van der Waals surface area contributed by atoms with Crippen LogP contribution in [0.3, 0.4) is 0 Å². The number of anilines is 1. The topological polar surface area (TPSA) is 57.6 Å². The number of aromatic nitrogens is 1. The Morgan fingerprint density at radius 3 is 2.51 bits per heavy atom. The highest BCUT2D eigenvalue weighted by molar-refractivity contribution is 6.00. The van der Waals surface area contributed by atoms with Crippen LogP contribution in [0.25, 0.3) is 5.69 Å². The summed E-state index contributed by atoms with van der Waals surface area (Å²) in [5.74, 6) is -0.0682. The molecule has 1 aliphatic carbocycles. The first-order chi connectivity index (χ1) is 18.1. The summed E-state index contributed by atoms with van der Waals surface area (Å²) in [6.07, 6.45) is 9.48. The molecular weight excluding hydrogens is 460 g/mol. The summed E-state index contributed by atoms with van der Waals surface area (Å²) in [5, 5.41) is 3.23. The molecule has 5 rings (SSSR count). The predicted octanol–water partition coefficient (Wildman–Crippen LogP) is 6.37. The molecule has 3 aromatic rings. The molecule has 3 amide bonds. The van der Waals surface area contributed by atoms with E-state index in [0.29, 0.717) is 6.54 Å². The zero-order valence-corrected chi connectivity index (χ0v) is 22.0. The highest BCUT2D eigenvalue weighted by atomic mass is 16.2. The van der Waals surface area contributed by atoms with Crippen LogP contribution < -0.4 is 10.2 Å². The summed E-state index contributed by atoms with van der Waals surface area (Å²) in [6, 6.07) is 20.4. The van der Waals surface area contributed by atoms with Crippen molar-refractivity contribution in [2.75, 3.05) is 18.0 Å². The number of nitrogens with zero attached hydrogens (tertiary/aromatic N) is 3. The average molecular weight is 499 g/mol. The molecule has 1 fully saturated rings. The van der Waals surface area contributed by atoms with Gasteiger partial charge in [-0.3, -0.25) is 9.69 Å². The number of para-hydroxylation sites is 2. The molecule has 0 radical (unpaired) electrons. The Labute approximate surface area is 220 Å². The van der Waals surface area contributed by atoms with Gasteiger partial charge in [0.1, 0.15) is 12.6 Å². The zero-order valence-electron chi connectivity index (χ0n) is 22.0. The fourth-order valence-electron chi connectivity index (χ4n) is 5.77. The quantitative estimate of drug-likeness (QED) is 0.412. The van der Waals surface area contributed by atoms with Crippen LogP contribution in [0.4, 0.5) is 10.5 Å². The number of fused-ring (bicyclic) bond motifs is 3. The van der Waals surface area contributed by atoms with Gasteiger partial charge in [-0.2, -0.15) is 0 Å². The van der Waals surface area contributed by atoms with Gasteiger partial charge < -0.3 is 14.8 Å².